The zero-order valence-corrected chi connectivity index (χ0v) is 18.4. The van der Waals surface area contributed by atoms with Gasteiger partial charge in [-0.15, -0.1) is 0 Å². The molecule has 1 heterocycles. The lowest BCUT2D eigenvalue weighted by atomic mass is 10.0. The van der Waals surface area contributed by atoms with Crippen molar-refractivity contribution in [2.45, 2.75) is 32.4 Å². The average molecular weight is 414 g/mol. The molecule has 160 valence electrons. The Balaban J connectivity index is 1.46. The molecule has 0 bridgehead atoms. The van der Waals surface area contributed by atoms with Crippen LogP contribution in [0.1, 0.15) is 25.3 Å². The Labute approximate surface area is 185 Å². The Hall–Kier alpha value is -3.11. The highest BCUT2D eigenvalue weighted by molar-refractivity contribution is 5.98. The Morgan fingerprint density at radius 3 is 2.35 bits per heavy atom. The van der Waals surface area contributed by atoms with Gasteiger partial charge in [0.25, 0.3) is 0 Å². The van der Waals surface area contributed by atoms with E-state index in [1.54, 1.807) is 0 Å². The number of nitrogens with one attached hydrogen (secondary N) is 1. The van der Waals surface area contributed by atoms with E-state index in [9.17, 15) is 4.79 Å². The molecule has 1 aliphatic rings. The van der Waals surface area contributed by atoms with Gasteiger partial charge in [0, 0.05) is 36.6 Å². The Morgan fingerprint density at radius 2 is 1.58 bits per heavy atom. The number of rotatable bonds is 7. The van der Waals surface area contributed by atoms with Crippen LogP contribution in [0, 0.1) is 0 Å². The second-order valence-electron chi connectivity index (χ2n) is 8.31. The summed E-state index contributed by atoms with van der Waals surface area (Å²) in [5, 5.41) is 3.15. The van der Waals surface area contributed by atoms with Crippen LogP contribution in [0.15, 0.2) is 78.9 Å². The standard InChI is InChI=1S/C27H31N3O/c1-21(29(2)20-23-14-6-9-17-26(23)30-18-10-11-19-30)27(31)28-25-16-8-7-15-24(25)22-12-4-3-5-13-22/h3-9,12-17,21H,10-11,18-20H2,1-2H3,(H,28,31)/t21-/m1/s1. The van der Waals surface area contributed by atoms with Crippen molar-refractivity contribution in [1.29, 1.82) is 0 Å². The van der Waals surface area contributed by atoms with Gasteiger partial charge in [-0.25, -0.2) is 0 Å². The molecular weight excluding hydrogens is 382 g/mol. The molecule has 1 aliphatic heterocycles. The molecule has 1 N–H and O–H groups in total. The number of hydrogen-bond donors (Lipinski definition) is 1. The summed E-state index contributed by atoms with van der Waals surface area (Å²) in [7, 11) is 2.02. The summed E-state index contributed by atoms with van der Waals surface area (Å²) < 4.78 is 0. The van der Waals surface area contributed by atoms with Crippen LogP contribution in [0.5, 0.6) is 0 Å². The molecule has 1 amide bonds. The van der Waals surface area contributed by atoms with E-state index < -0.39 is 0 Å². The van der Waals surface area contributed by atoms with Crippen LogP contribution in [0.3, 0.4) is 0 Å². The number of nitrogens with zero attached hydrogens (tertiary/aromatic N) is 2. The molecule has 4 nitrogen and oxygen atoms in total. The molecule has 0 aromatic heterocycles. The van der Waals surface area contributed by atoms with E-state index in [0.29, 0.717) is 0 Å². The highest BCUT2D eigenvalue weighted by atomic mass is 16.2. The van der Waals surface area contributed by atoms with Gasteiger partial charge in [-0.2, -0.15) is 0 Å². The summed E-state index contributed by atoms with van der Waals surface area (Å²) in [6, 6.07) is 26.5. The maximum Gasteiger partial charge on any atom is 0.241 e. The minimum atomic E-state index is -0.254. The van der Waals surface area contributed by atoms with E-state index in [1.807, 2.05) is 56.4 Å². The molecule has 1 atom stereocenters. The minimum absolute atomic E-state index is 0.00420. The average Bonchev–Trinajstić information content (AvgIpc) is 3.34. The summed E-state index contributed by atoms with van der Waals surface area (Å²) in [5.74, 6) is 0.00420. The number of carbonyl (C=O) groups excluding carboxylic acids is 1. The van der Waals surface area contributed by atoms with Gasteiger partial charge >= 0.3 is 0 Å². The van der Waals surface area contributed by atoms with Gasteiger partial charge in [-0.05, 0) is 50.1 Å². The lowest BCUT2D eigenvalue weighted by Crippen LogP contribution is -2.39. The molecule has 1 saturated heterocycles. The maximum atomic E-state index is 13.1. The largest absolute Gasteiger partial charge is 0.371 e. The third kappa shape index (κ3) is 4.97. The number of amides is 1. The Morgan fingerprint density at radius 1 is 0.935 bits per heavy atom. The van der Waals surface area contributed by atoms with Crippen molar-refractivity contribution in [3.8, 4) is 11.1 Å². The van der Waals surface area contributed by atoms with Gasteiger partial charge in [-0.3, -0.25) is 9.69 Å². The van der Waals surface area contributed by atoms with Crippen LogP contribution in [-0.4, -0.2) is 37.0 Å². The third-order valence-electron chi connectivity index (χ3n) is 6.17. The van der Waals surface area contributed by atoms with E-state index >= 15 is 0 Å². The Kier molecular flexibility index (Phi) is 6.68. The van der Waals surface area contributed by atoms with E-state index in [1.165, 1.54) is 24.1 Å². The summed E-state index contributed by atoms with van der Waals surface area (Å²) in [6.07, 6.45) is 2.51. The quantitative estimate of drug-likeness (QED) is 0.562. The zero-order chi connectivity index (χ0) is 21.6. The van der Waals surface area contributed by atoms with E-state index in [2.05, 4.69) is 51.5 Å². The molecule has 0 saturated carbocycles. The van der Waals surface area contributed by atoms with Gasteiger partial charge in [0.1, 0.15) is 0 Å². The second-order valence-corrected chi connectivity index (χ2v) is 8.31. The first-order valence-corrected chi connectivity index (χ1v) is 11.1. The predicted octanol–water partition coefficient (Wildman–Crippen LogP) is 5.41. The maximum absolute atomic E-state index is 13.1. The van der Waals surface area contributed by atoms with Crippen LogP contribution in [0.2, 0.25) is 0 Å². The molecule has 31 heavy (non-hydrogen) atoms. The highest BCUT2D eigenvalue weighted by Crippen LogP contribution is 2.28. The van der Waals surface area contributed by atoms with Gasteiger partial charge in [0.2, 0.25) is 5.91 Å². The fraction of sp³-hybridized carbons (Fsp3) is 0.296. The van der Waals surface area contributed by atoms with Crippen LogP contribution >= 0.6 is 0 Å². The third-order valence-corrected chi connectivity index (χ3v) is 6.17. The van der Waals surface area contributed by atoms with E-state index in [-0.39, 0.29) is 11.9 Å². The molecule has 4 rings (SSSR count). The lowest BCUT2D eigenvalue weighted by molar-refractivity contribution is -0.120. The summed E-state index contributed by atoms with van der Waals surface area (Å²) >= 11 is 0. The SMILES string of the molecule is C[C@H](C(=O)Nc1ccccc1-c1ccccc1)N(C)Cc1ccccc1N1CCCC1. The number of hydrogen-bond acceptors (Lipinski definition) is 3. The number of likely N-dealkylation sites (N-methyl/N-ethyl adjacent to an activating group) is 1. The molecule has 0 radical (unpaired) electrons. The molecular formula is C27H31N3O. The normalized spacial score (nSPS) is 14.6. The van der Waals surface area contributed by atoms with Crippen molar-refractivity contribution < 1.29 is 4.79 Å². The molecule has 0 unspecified atom stereocenters. The summed E-state index contributed by atoms with van der Waals surface area (Å²) in [4.78, 5) is 17.7. The highest BCUT2D eigenvalue weighted by Gasteiger charge is 2.22. The Bertz CT molecular complexity index is 1010. The fourth-order valence-corrected chi connectivity index (χ4v) is 4.22. The molecule has 0 aliphatic carbocycles. The van der Waals surface area contributed by atoms with Gasteiger partial charge in [-0.1, -0.05) is 66.7 Å². The first kappa shape index (κ1) is 21.1. The summed E-state index contributed by atoms with van der Waals surface area (Å²) in [6.45, 7) is 4.95. The van der Waals surface area contributed by atoms with Crippen molar-refractivity contribution in [2.75, 3.05) is 30.4 Å². The van der Waals surface area contributed by atoms with Crippen LogP contribution in [0.4, 0.5) is 11.4 Å². The van der Waals surface area contributed by atoms with Crippen molar-refractivity contribution in [3.63, 3.8) is 0 Å². The first-order chi connectivity index (χ1) is 15.1. The number of anilines is 2. The monoisotopic (exact) mass is 413 g/mol. The van der Waals surface area contributed by atoms with Gasteiger partial charge in [0.15, 0.2) is 0 Å². The van der Waals surface area contributed by atoms with Crippen LogP contribution < -0.4 is 10.2 Å². The van der Waals surface area contributed by atoms with Gasteiger partial charge in [0.05, 0.1) is 6.04 Å². The predicted molar refractivity (Wildman–Crippen MR) is 129 cm³/mol. The number of para-hydroxylation sites is 2. The van der Waals surface area contributed by atoms with Crippen molar-refractivity contribution in [3.05, 3.63) is 84.4 Å². The van der Waals surface area contributed by atoms with E-state index in [0.717, 1.165) is 36.4 Å². The van der Waals surface area contributed by atoms with Gasteiger partial charge < -0.3 is 10.2 Å². The smallest absolute Gasteiger partial charge is 0.241 e. The number of benzene rings is 3. The second kappa shape index (κ2) is 9.80. The fourth-order valence-electron chi connectivity index (χ4n) is 4.22. The van der Waals surface area contributed by atoms with Crippen molar-refractivity contribution in [1.82, 2.24) is 4.90 Å². The molecule has 3 aromatic carbocycles. The topological polar surface area (TPSA) is 35.6 Å². The van der Waals surface area contributed by atoms with Crippen molar-refractivity contribution in [2.24, 2.45) is 0 Å². The first-order valence-electron chi connectivity index (χ1n) is 11.1. The molecule has 3 aromatic rings. The van der Waals surface area contributed by atoms with Crippen LogP contribution in [0.25, 0.3) is 11.1 Å². The van der Waals surface area contributed by atoms with Crippen molar-refractivity contribution >= 4 is 17.3 Å². The molecule has 4 heteroatoms. The number of carbonyl (C=O) groups is 1. The zero-order valence-electron chi connectivity index (χ0n) is 18.4. The molecule has 0 spiro atoms. The summed E-state index contributed by atoms with van der Waals surface area (Å²) in [5.41, 5.74) is 5.55. The van der Waals surface area contributed by atoms with Crippen LogP contribution in [-0.2, 0) is 11.3 Å². The van der Waals surface area contributed by atoms with E-state index in [4.69, 9.17) is 0 Å². The lowest BCUT2D eigenvalue weighted by Gasteiger charge is -2.27. The molecule has 1 fully saturated rings. The minimum Gasteiger partial charge on any atom is -0.371 e.